The zero-order valence-electron chi connectivity index (χ0n) is 12.1. The van der Waals surface area contributed by atoms with Crippen LogP contribution >= 0.6 is 39.0 Å². The fraction of sp³-hybridized carbons (Fsp3) is 0.312. The summed E-state index contributed by atoms with van der Waals surface area (Å²) in [6, 6.07) is 8.39. The van der Waals surface area contributed by atoms with Gasteiger partial charge in [-0.15, -0.1) is 11.8 Å². The molecule has 1 aromatic carbocycles. The zero-order valence-corrected chi connectivity index (χ0v) is 15.3. The molecule has 2 aromatic rings. The molecule has 0 spiro atoms. The highest BCUT2D eigenvalue weighted by Gasteiger charge is 2.10. The Kier molecular flexibility index (Phi) is 6.33. The summed E-state index contributed by atoms with van der Waals surface area (Å²) in [6.07, 6.45) is 0.886. The topological polar surface area (TPSA) is 29.1 Å². The number of benzene rings is 1. The number of carbonyl (C=O) groups is 1. The second kappa shape index (κ2) is 8.01. The molecule has 2 nitrogen and oxygen atoms in total. The third-order valence-corrected chi connectivity index (χ3v) is 5.43. The maximum Gasteiger partial charge on any atom is 0.230 e. The van der Waals surface area contributed by atoms with E-state index < -0.39 is 0 Å². The molecular weight excluding hydrogens is 366 g/mol. The Morgan fingerprint density at radius 2 is 2.24 bits per heavy atom. The lowest BCUT2D eigenvalue weighted by atomic mass is 10.1. The number of nitrogens with one attached hydrogen (secondary N) is 1. The largest absolute Gasteiger partial charge is 0.353 e. The Morgan fingerprint density at radius 1 is 1.43 bits per heavy atom. The highest BCUT2D eigenvalue weighted by atomic mass is 79.9. The van der Waals surface area contributed by atoms with Gasteiger partial charge in [-0.05, 0) is 66.4 Å². The summed E-state index contributed by atoms with van der Waals surface area (Å²) in [5, 5.41) is 7.25. The van der Waals surface area contributed by atoms with Crippen LogP contribution in [0, 0.1) is 6.92 Å². The Labute approximate surface area is 142 Å². The number of hydrogen-bond acceptors (Lipinski definition) is 3. The van der Waals surface area contributed by atoms with Gasteiger partial charge in [-0.3, -0.25) is 4.79 Å². The molecule has 0 aliphatic rings. The summed E-state index contributed by atoms with van der Waals surface area (Å²) in [7, 11) is 0. The maximum atomic E-state index is 12.0. The van der Waals surface area contributed by atoms with Gasteiger partial charge in [0.2, 0.25) is 5.91 Å². The van der Waals surface area contributed by atoms with Crippen molar-refractivity contribution in [2.45, 2.75) is 31.2 Å². The van der Waals surface area contributed by atoms with Crippen molar-refractivity contribution in [3.05, 3.63) is 50.6 Å². The van der Waals surface area contributed by atoms with Crippen LogP contribution in [0.5, 0.6) is 0 Å². The smallest absolute Gasteiger partial charge is 0.230 e. The average molecular weight is 384 g/mol. The first-order valence-electron chi connectivity index (χ1n) is 6.74. The first-order chi connectivity index (χ1) is 10.0. The second-order valence-corrected chi connectivity index (χ2v) is 7.72. The van der Waals surface area contributed by atoms with Crippen molar-refractivity contribution in [1.29, 1.82) is 0 Å². The van der Waals surface area contributed by atoms with Crippen LogP contribution in [0.2, 0.25) is 0 Å². The Balaban J connectivity index is 1.79. The number of halogens is 1. The Hall–Kier alpha value is -0.780. The molecule has 1 heterocycles. The van der Waals surface area contributed by atoms with Crippen LogP contribution in [0.25, 0.3) is 0 Å². The van der Waals surface area contributed by atoms with E-state index in [4.69, 9.17) is 0 Å². The molecule has 0 aliphatic heterocycles. The molecule has 0 bridgehead atoms. The molecule has 21 heavy (non-hydrogen) atoms. The first-order valence-corrected chi connectivity index (χ1v) is 9.46. The molecule has 1 aromatic heterocycles. The van der Waals surface area contributed by atoms with Gasteiger partial charge in [-0.1, -0.05) is 15.9 Å². The second-order valence-electron chi connectivity index (χ2n) is 5.00. The molecule has 1 atom stereocenters. The summed E-state index contributed by atoms with van der Waals surface area (Å²) in [4.78, 5) is 13.1. The van der Waals surface area contributed by atoms with Gasteiger partial charge in [0.25, 0.3) is 0 Å². The number of aryl methyl sites for hydroxylation is 1. The third kappa shape index (κ3) is 5.49. The minimum Gasteiger partial charge on any atom is -0.353 e. The van der Waals surface area contributed by atoms with Crippen molar-refractivity contribution in [2.75, 3.05) is 5.75 Å². The number of rotatable bonds is 6. The molecule has 2 rings (SSSR count). The van der Waals surface area contributed by atoms with E-state index in [1.807, 2.05) is 19.1 Å². The molecule has 1 amide bonds. The predicted octanol–water partition coefficient (Wildman–Crippen LogP) is 4.66. The van der Waals surface area contributed by atoms with Gasteiger partial charge < -0.3 is 5.32 Å². The van der Waals surface area contributed by atoms with Crippen molar-refractivity contribution >= 4 is 44.9 Å². The molecule has 0 radical (unpaired) electrons. The lowest BCUT2D eigenvalue weighted by molar-refractivity contribution is -0.119. The molecule has 0 fully saturated rings. The van der Waals surface area contributed by atoms with Crippen LogP contribution in [0.1, 0.15) is 18.1 Å². The quantitative estimate of drug-likeness (QED) is 0.734. The van der Waals surface area contributed by atoms with Crippen LogP contribution in [0.4, 0.5) is 0 Å². The number of thiophene rings is 1. The zero-order chi connectivity index (χ0) is 15.2. The molecule has 1 N–H and O–H groups in total. The van der Waals surface area contributed by atoms with Gasteiger partial charge in [0.1, 0.15) is 0 Å². The lowest BCUT2D eigenvalue weighted by Crippen LogP contribution is -2.35. The van der Waals surface area contributed by atoms with Gasteiger partial charge in [0.05, 0.1) is 5.75 Å². The van der Waals surface area contributed by atoms with E-state index in [9.17, 15) is 4.79 Å². The van der Waals surface area contributed by atoms with Gasteiger partial charge in [-0.2, -0.15) is 11.3 Å². The number of hydrogen-bond donors (Lipinski definition) is 1. The highest BCUT2D eigenvalue weighted by Crippen LogP contribution is 2.25. The Morgan fingerprint density at radius 3 is 2.90 bits per heavy atom. The summed E-state index contributed by atoms with van der Waals surface area (Å²) in [5.74, 6) is 0.543. The summed E-state index contributed by atoms with van der Waals surface area (Å²) in [5.41, 5.74) is 2.47. The van der Waals surface area contributed by atoms with Crippen LogP contribution in [-0.4, -0.2) is 17.7 Å². The number of thioether (sulfide) groups is 1. The fourth-order valence-electron chi connectivity index (χ4n) is 2.05. The van der Waals surface area contributed by atoms with Crippen molar-refractivity contribution in [3.8, 4) is 0 Å². The van der Waals surface area contributed by atoms with Crippen molar-refractivity contribution in [1.82, 2.24) is 5.32 Å². The molecule has 0 saturated heterocycles. The maximum absolute atomic E-state index is 12.0. The minimum atomic E-state index is 0.0880. The first kappa shape index (κ1) is 16.6. The van der Waals surface area contributed by atoms with Gasteiger partial charge in [0, 0.05) is 15.4 Å². The van der Waals surface area contributed by atoms with Crippen molar-refractivity contribution < 1.29 is 4.79 Å². The van der Waals surface area contributed by atoms with Crippen LogP contribution < -0.4 is 5.32 Å². The van der Waals surface area contributed by atoms with E-state index in [0.29, 0.717) is 5.75 Å². The standard InChI is InChI=1S/C16H18BrNOS2/c1-11-7-14(17)3-4-15(11)21-10-16(19)18-12(2)8-13-5-6-20-9-13/h3-7,9,12H,8,10H2,1-2H3,(H,18,19). The molecular formula is C16H18BrNOS2. The molecule has 1 unspecified atom stereocenters. The number of carbonyl (C=O) groups excluding carboxylic acids is 1. The van der Waals surface area contributed by atoms with Crippen LogP contribution in [0.15, 0.2) is 44.4 Å². The molecule has 0 aliphatic carbocycles. The highest BCUT2D eigenvalue weighted by molar-refractivity contribution is 9.10. The Bertz CT molecular complexity index is 598. The molecule has 112 valence electrons. The lowest BCUT2D eigenvalue weighted by Gasteiger charge is -2.13. The van der Waals surface area contributed by atoms with Crippen molar-refractivity contribution in [3.63, 3.8) is 0 Å². The predicted molar refractivity (Wildman–Crippen MR) is 95.2 cm³/mol. The van der Waals surface area contributed by atoms with Gasteiger partial charge in [-0.25, -0.2) is 0 Å². The fourth-order valence-corrected chi connectivity index (χ4v) is 4.03. The van der Waals surface area contributed by atoms with E-state index in [1.54, 1.807) is 23.1 Å². The average Bonchev–Trinajstić information content (AvgIpc) is 2.90. The van der Waals surface area contributed by atoms with Crippen LogP contribution in [0.3, 0.4) is 0 Å². The minimum absolute atomic E-state index is 0.0880. The third-order valence-electron chi connectivity index (χ3n) is 3.03. The summed E-state index contributed by atoms with van der Waals surface area (Å²) >= 11 is 6.72. The molecule has 5 heteroatoms. The van der Waals surface area contributed by atoms with Crippen molar-refractivity contribution in [2.24, 2.45) is 0 Å². The van der Waals surface area contributed by atoms with E-state index in [2.05, 4.69) is 51.1 Å². The van der Waals surface area contributed by atoms with E-state index in [1.165, 1.54) is 11.1 Å². The van der Waals surface area contributed by atoms with E-state index in [-0.39, 0.29) is 11.9 Å². The summed E-state index contributed by atoms with van der Waals surface area (Å²) in [6.45, 7) is 4.11. The van der Waals surface area contributed by atoms with Gasteiger partial charge >= 0.3 is 0 Å². The number of amides is 1. The normalized spacial score (nSPS) is 12.1. The van der Waals surface area contributed by atoms with E-state index in [0.717, 1.165) is 15.8 Å². The monoisotopic (exact) mass is 383 g/mol. The van der Waals surface area contributed by atoms with Crippen LogP contribution in [-0.2, 0) is 11.2 Å². The molecule has 0 saturated carbocycles. The summed E-state index contributed by atoms with van der Waals surface area (Å²) < 4.78 is 1.07. The van der Waals surface area contributed by atoms with E-state index >= 15 is 0 Å². The SMILES string of the molecule is Cc1cc(Br)ccc1SCC(=O)NC(C)Cc1ccsc1. The van der Waals surface area contributed by atoms with Gasteiger partial charge in [0.15, 0.2) is 0 Å².